The van der Waals surface area contributed by atoms with Crippen LogP contribution in [0.3, 0.4) is 0 Å². The van der Waals surface area contributed by atoms with Crippen molar-refractivity contribution in [3.8, 4) is 0 Å². The topological polar surface area (TPSA) is 44.8 Å². The summed E-state index contributed by atoms with van der Waals surface area (Å²) in [5, 5.41) is 0. The van der Waals surface area contributed by atoms with Crippen molar-refractivity contribution in [1.29, 1.82) is 0 Å². The normalized spacial score (nSPS) is 40.8. The standard InChI is InChI=1S/C20H36BO4P.Y/c1-11(2)18-16(14(6)20(21)25-18)10-26(22)9-8-17-19(23-12(3)4)13(5)15(7)24-17;/h8-9,11-20,26H,10H2,1-7H3;/b9-8+;/t13?,14?,15-,16+,17+,18+,19+,20+;/m0./s1. The van der Waals surface area contributed by atoms with Crippen molar-refractivity contribution >= 4 is 15.6 Å². The summed E-state index contributed by atoms with van der Waals surface area (Å²) in [6, 6.07) is -0.255. The molecule has 2 aliphatic heterocycles. The Morgan fingerprint density at radius 2 is 1.74 bits per heavy atom. The fraction of sp³-hybridized carbons (Fsp3) is 0.900. The Hall–Kier alpha value is 1.02. The van der Waals surface area contributed by atoms with Gasteiger partial charge in [0.05, 0.1) is 32.2 Å². The van der Waals surface area contributed by atoms with Gasteiger partial charge in [0.2, 0.25) is 0 Å². The second kappa shape index (κ2) is 11.4. The zero-order chi connectivity index (χ0) is 19.6. The first-order chi connectivity index (χ1) is 12.1. The molecule has 0 N–H and O–H groups in total. The van der Waals surface area contributed by atoms with E-state index >= 15 is 0 Å². The van der Waals surface area contributed by atoms with Crippen LogP contribution in [-0.4, -0.2) is 50.5 Å². The molecule has 27 heavy (non-hydrogen) atoms. The summed E-state index contributed by atoms with van der Waals surface area (Å²) in [5.74, 6) is 3.01. The summed E-state index contributed by atoms with van der Waals surface area (Å²) in [7, 11) is 4.21. The van der Waals surface area contributed by atoms with E-state index < -0.39 is 7.80 Å². The van der Waals surface area contributed by atoms with Crippen molar-refractivity contribution in [2.45, 2.75) is 85.0 Å². The molecular formula is C20H36BO4PY. The zero-order valence-corrected chi connectivity index (χ0v) is 21.8. The van der Waals surface area contributed by atoms with Gasteiger partial charge in [-0.05, 0) is 44.3 Å². The molecule has 0 aliphatic carbocycles. The Morgan fingerprint density at radius 1 is 1.11 bits per heavy atom. The van der Waals surface area contributed by atoms with Crippen LogP contribution in [0.5, 0.6) is 0 Å². The van der Waals surface area contributed by atoms with Gasteiger partial charge in [0.15, 0.2) is 0 Å². The molecule has 2 aliphatic rings. The van der Waals surface area contributed by atoms with Crippen LogP contribution in [0, 0.1) is 23.7 Å². The first-order valence-electron chi connectivity index (χ1n) is 10.0. The molecule has 3 radical (unpaired) electrons. The molecule has 3 unspecified atom stereocenters. The summed E-state index contributed by atoms with van der Waals surface area (Å²) in [6.45, 7) is 14.7. The van der Waals surface area contributed by atoms with Crippen LogP contribution >= 0.6 is 7.80 Å². The molecule has 0 spiro atoms. The fourth-order valence-electron chi connectivity index (χ4n) is 4.09. The molecule has 2 saturated heterocycles. The fourth-order valence-corrected chi connectivity index (χ4v) is 5.70. The van der Waals surface area contributed by atoms with Crippen molar-refractivity contribution in [1.82, 2.24) is 0 Å². The average molecular weight is 471 g/mol. The molecule has 9 atom stereocenters. The van der Waals surface area contributed by atoms with Crippen molar-refractivity contribution in [2.75, 3.05) is 6.16 Å². The maximum atomic E-state index is 12.8. The molecular weight excluding hydrogens is 435 g/mol. The zero-order valence-electron chi connectivity index (χ0n) is 17.9. The number of hydrogen-bond acceptors (Lipinski definition) is 4. The van der Waals surface area contributed by atoms with Gasteiger partial charge in [-0.3, -0.25) is 0 Å². The van der Waals surface area contributed by atoms with Gasteiger partial charge in [0, 0.05) is 50.8 Å². The van der Waals surface area contributed by atoms with Crippen LogP contribution in [0.4, 0.5) is 0 Å². The van der Waals surface area contributed by atoms with Crippen molar-refractivity contribution < 1.29 is 51.5 Å². The number of ether oxygens (including phenoxy) is 3. The van der Waals surface area contributed by atoms with Gasteiger partial charge in [-0.1, -0.05) is 33.8 Å². The van der Waals surface area contributed by atoms with E-state index in [4.69, 9.17) is 22.1 Å². The molecule has 4 nitrogen and oxygen atoms in total. The minimum Gasteiger partial charge on any atom is -0.384 e. The van der Waals surface area contributed by atoms with Gasteiger partial charge in [0.25, 0.3) is 0 Å². The molecule has 151 valence electrons. The van der Waals surface area contributed by atoms with E-state index in [1.54, 1.807) is 0 Å². The van der Waals surface area contributed by atoms with E-state index in [1.165, 1.54) is 0 Å². The van der Waals surface area contributed by atoms with Crippen LogP contribution in [0.25, 0.3) is 0 Å². The van der Waals surface area contributed by atoms with Crippen molar-refractivity contribution in [3.63, 3.8) is 0 Å². The van der Waals surface area contributed by atoms with Crippen LogP contribution in [-0.2, 0) is 51.5 Å². The van der Waals surface area contributed by atoms with Crippen molar-refractivity contribution in [2.24, 2.45) is 23.7 Å². The largest absolute Gasteiger partial charge is 0.384 e. The molecule has 0 saturated carbocycles. The maximum absolute atomic E-state index is 12.8. The van der Waals surface area contributed by atoms with Gasteiger partial charge in [-0.15, -0.1) is 0 Å². The van der Waals surface area contributed by atoms with E-state index in [1.807, 2.05) is 25.7 Å². The molecule has 0 aromatic rings. The van der Waals surface area contributed by atoms with Crippen LogP contribution in [0.15, 0.2) is 11.9 Å². The van der Waals surface area contributed by atoms with Crippen molar-refractivity contribution in [3.05, 3.63) is 11.9 Å². The maximum Gasteiger partial charge on any atom is 0.109 e. The van der Waals surface area contributed by atoms with E-state index in [2.05, 4.69) is 34.6 Å². The van der Waals surface area contributed by atoms with Gasteiger partial charge in [-0.25, -0.2) is 0 Å². The summed E-state index contributed by atoms with van der Waals surface area (Å²) >= 11 is 0. The summed E-state index contributed by atoms with van der Waals surface area (Å²) in [4.78, 5) is 0. The Morgan fingerprint density at radius 3 is 2.30 bits per heavy atom. The minimum absolute atomic E-state index is 0. The monoisotopic (exact) mass is 471 g/mol. The minimum atomic E-state index is -1.87. The predicted molar refractivity (Wildman–Crippen MR) is 108 cm³/mol. The van der Waals surface area contributed by atoms with E-state index in [9.17, 15) is 4.57 Å². The van der Waals surface area contributed by atoms with Gasteiger partial charge >= 0.3 is 0 Å². The Balaban J connectivity index is 0.00000364. The Kier molecular flexibility index (Phi) is 11.0. The molecule has 0 bridgehead atoms. The summed E-state index contributed by atoms with van der Waals surface area (Å²) in [5.41, 5.74) is 0. The second-order valence-corrected chi connectivity index (χ2v) is 10.4. The quantitative estimate of drug-likeness (QED) is 0.415. The Labute approximate surface area is 193 Å². The van der Waals surface area contributed by atoms with Crippen LogP contribution in [0.2, 0.25) is 0 Å². The first kappa shape index (κ1) is 26.1. The third-order valence-electron chi connectivity index (χ3n) is 5.88. The molecule has 0 aromatic carbocycles. The summed E-state index contributed by atoms with van der Waals surface area (Å²) < 4.78 is 30.7. The first-order valence-corrected chi connectivity index (χ1v) is 11.7. The third kappa shape index (κ3) is 6.76. The van der Waals surface area contributed by atoms with Crippen LogP contribution in [0.1, 0.15) is 48.5 Å². The van der Waals surface area contributed by atoms with E-state index in [-0.39, 0.29) is 81.1 Å². The molecule has 2 rings (SSSR count). The molecule has 0 amide bonds. The van der Waals surface area contributed by atoms with Gasteiger partial charge in [-0.2, -0.15) is 0 Å². The SMILES string of the molecule is [B][C@@H]1O[C@H](C(C)C)[C@H](C[PH](=O)/C=C/[C@H]2O[C@@H](C)C(C)[C@H]2OC(C)C)C1C.[Y]. The number of hydrogen-bond donors (Lipinski definition) is 0. The van der Waals surface area contributed by atoms with E-state index in [0.29, 0.717) is 18.0 Å². The van der Waals surface area contributed by atoms with Gasteiger partial charge in [0.1, 0.15) is 14.0 Å². The molecule has 2 fully saturated rings. The Bertz CT molecular complexity index is 516. The predicted octanol–water partition coefficient (Wildman–Crippen LogP) is 4.08. The average Bonchev–Trinajstić information content (AvgIpc) is 2.97. The smallest absolute Gasteiger partial charge is 0.109 e. The molecule has 2 heterocycles. The molecule has 7 heteroatoms. The summed E-state index contributed by atoms with van der Waals surface area (Å²) in [6.07, 6.45) is 2.86. The van der Waals surface area contributed by atoms with Gasteiger partial charge < -0.3 is 18.8 Å². The van der Waals surface area contributed by atoms with Crippen LogP contribution < -0.4 is 0 Å². The number of rotatable bonds is 7. The second-order valence-electron chi connectivity index (χ2n) is 8.68. The van der Waals surface area contributed by atoms with E-state index in [0.717, 1.165) is 0 Å². The molecule has 0 aromatic heterocycles. The third-order valence-corrected chi connectivity index (χ3v) is 7.32.